The molecule has 166 valence electrons. The molecule has 32 heavy (non-hydrogen) atoms. The van der Waals surface area contributed by atoms with Crippen LogP contribution in [0.15, 0.2) is 30.3 Å². The molecule has 0 saturated carbocycles. The Morgan fingerprint density at radius 3 is 2.88 bits per heavy atom. The topological polar surface area (TPSA) is 111 Å². The van der Waals surface area contributed by atoms with Crippen LogP contribution in [0.2, 0.25) is 0 Å². The Labute approximate surface area is 186 Å². The van der Waals surface area contributed by atoms with Crippen molar-refractivity contribution in [3.63, 3.8) is 0 Å². The van der Waals surface area contributed by atoms with Crippen molar-refractivity contribution in [1.29, 1.82) is 5.26 Å². The van der Waals surface area contributed by atoms with Crippen LogP contribution in [0.3, 0.4) is 0 Å². The highest BCUT2D eigenvalue weighted by Gasteiger charge is 2.27. The molecule has 0 spiro atoms. The van der Waals surface area contributed by atoms with Gasteiger partial charge in [0.15, 0.2) is 0 Å². The average molecular weight is 434 g/mol. The number of aromatic hydroxyl groups is 1. The number of phenols is 1. The Balaban J connectivity index is 1.50. The number of nitriles is 1. The largest absolute Gasteiger partial charge is 0.507 e. The van der Waals surface area contributed by atoms with E-state index in [1.807, 2.05) is 32.0 Å². The van der Waals surface area contributed by atoms with E-state index < -0.39 is 0 Å². The van der Waals surface area contributed by atoms with Gasteiger partial charge in [0.2, 0.25) is 0 Å². The highest BCUT2D eigenvalue weighted by Crippen LogP contribution is 2.32. The average Bonchev–Trinajstić information content (AvgIpc) is 3.37. The molecule has 1 aromatic heterocycles. The zero-order valence-corrected chi connectivity index (χ0v) is 18.2. The van der Waals surface area contributed by atoms with Crippen molar-refractivity contribution < 1.29 is 19.4 Å². The van der Waals surface area contributed by atoms with Gasteiger partial charge >= 0.3 is 0 Å². The Morgan fingerprint density at radius 2 is 2.09 bits per heavy atom. The van der Waals surface area contributed by atoms with Crippen molar-refractivity contribution in [3.05, 3.63) is 52.7 Å². The Hall–Kier alpha value is -3.57. The van der Waals surface area contributed by atoms with E-state index in [1.165, 1.54) is 6.07 Å². The molecule has 0 aliphatic carbocycles. The number of hydrogen-bond donors (Lipinski definition) is 2. The van der Waals surface area contributed by atoms with Gasteiger partial charge in [-0.05, 0) is 49.6 Å². The summed E-state index contributed by atoms with van der Waals surface area (Å²) in [6.07, 6.45) is 1.20. The third kappa shape index (κ3) is 4.53. The predicted molar refractivity (Wildman–Crippen MR) is 118 cm³/mol. The van der Waals surface area contributed by atoms with Crippen molar-refractivity contribution >= 4 is 16.8 Å². The molecule has 2 N–H and O–H groups in total. The van der Waals surface area contributed by atoms with Crippen LogP contribution in [0, 0.1) is 11.3 Å². The number of carbonyl (C=O) groups is 1. The van der Waals surface area contributed by atoms with Crippen LogP contribution in [0.25, 0.3) is 10.9 Å². The highest BCUT2D eigenvalue weighted by molar-refractivity contribution is 6.01. The lowest BCUT2D eigenvalue weighted by molar-refractivity contribution is 0.0642. The molecule has 4 rings (SSSR count). The van der Waals surface area contributed by atoms with Crippen LogP contribution >= 0.6 is 0 Å². The predicted octanol–water partition coefficient (Wildman–Crippen LogP) is 4.03. The number of nitrogens with zero attached hydrogens (tertiary/aromatic N) is 3. The molecule has 1 aliphatic rings. The fourth-order valence-corrected chi connectivity index (χ4v) is 3.75. The Morgan fingerprint density at radius 1 is 1.28 bits per heavy atom. The number of rotatable bonds is 8. The van der Waals surface area contributed by atoms with E-state index in [1.54, 1.807) is 11.0 Å². The molecule has 3 aromatic rings. The van der Waals surface area contributed by atoms with Crippen LogP contribution in [-0.4, -0.2) is 38.8 Å². The minimum Gasteiger partial charge on any atom is -0.507 e. The summed E-state index contributed by atoms with van der Waals surface area (Å²) in [6.45, 7) is 5.61. The van der Waals surface area contributed by atoms with Crippen LogP contribution in [0.1, 0.15) is 53.9 Å². The van der Waals surface area contributed by atoms with E-state index in [0.717, 1.165) is 22.3 Å². The van der Waals surface area contributed by atoms with E-state index in [4.69, 9.17) is 14.7 Å². The number of H-pyrrole nitrogens is 1. The molecule has 0 saturated heterocycles. The number of unbranched alkanes of at least 4 members (excludes halogenated alkanes) is 1. The number of hydrogen-bond acceptors (Lipinski definition) is 6. The van der Waals surface area contributed by atoms with E-state index in [-0.39, 0.29) is 23.3 Å². The van der Waals surface area contributed by atoms with Crippen molar-refractivity contribution in [2.75, 3.05) is 6.61 Å². The van der Waals surface area contributed by atoms with Crippen LogP contribution in [0.4, 0.5) is 0 Å². The highest BCUT2D eigenvalue weighted by atomic mass is 16.5. The lowest BCUT2D eigenvalue weighted by Gasteiger charge is -2.16. The van der Waals surface area contributed by atoms with Gasteiger partial charge < -0.3 is 19.5 Å². The molecule has 2 aromatic carbocycles. The van der Waals surface area contributed by atoms with Gasteiger partial charge in [0, 0.05) is 31.0 Å². The summed E-state index contributed by atoms with van der Waals surface area (Å²) in [4.78, 5) is 15.0. The SMILES string of the molecule is CC(C)OCc1n[nH]c2cc(O)c(C(=O)N3Cc4ccc(OCCCC#N)cc4C3)cc12. The fraction of sp³-hybridized carbons (Fsp3) is 0.375. The molecule has 8 nitrogen and oxygen atoms in total. The first-order valence-electron chi connectivity index (χ1n) is 10.7. The van der Waals surface area contributed by atoms with Gasteiger partial charge in [-0.15, -0.1) is 0 Å². The monoisotopic (exact) mass is 434 g/mol. The number of aromatic amines is 1. The Bertz CT molecular complexity index is 1180. The first-order valence-corrected chi connectivity index (χ1v) is 10.7. The second-order valence-electron chi connectivity index (χ2n) is 8.15. The number of phenolic OH excluding ortho intramolecular Hbond substituents is 1. The fourth-order valence-electron chi connectivity index (χ4n) is 3.75. The van der Waals surface area contributed by atoms with Crippen LogP contribution < -0.4 is 4.74 Å². The van der Waals surface area contributed by atoms with E-state index in [9.17, 15) is 9.90 Å². The van der Waals surface area contributed by atoms with Gasteiger partial charge in [0.25, 0.3) is 5.91 Å². The van der Waals surface area contributed by atoms with E-state index in [2.05, 4.69) is 16.3 Å². The van der Waals surface area contributed by atoms with Gasteiger partial charge in [0.05, 0.1) is 42.2 Å². The third-order valence-corrected chi connectivity index (χ3v) is 5.43. The molecule has 8 heteroatoms. The van der Waals surface area contributed by atoms with Gasteiger partial charge in [0.1, 0.15) is 11.5 Å². The molecule has 0 atom stereocenters. The summed E-state index contributed by atoms with van der Waals surface area (Å²) >= 11 is 0. The summed E-state index contributed by atoms with van der Waals surface area (Å²) in [6, 6.07) is 11.1. The van der Waals surface area contributed by atoms with Crippen molar-refractivity contribution in [1.82, 2.24) is 15.1 Å². The summed E-state index contributed by atoms with van der Waals surface area (Å²) in [5.41, 5.74) is 3.67. The number of amides is 1. The summed E-state index contributed by atoms with van der Waals surface area (Å²) < 4.78 is 11.4. The molecule has 2 heterocycles. The second-order valence-corrected chi connectivity index (χ2v) is 8.15. The summed E-state index contributed by atoms with van der Waals surface area (Å²) in [5, 5.41) is 27.0. The van der Waals surface area contributed by atoms with Crippen molar-refractivity contribution in [2.24, 2.45) is 0 Å². The normalized spacial score (nSPS) is 12.9. The molecule has 0 fully saturated rings. The van der Waals surface area contributed by atoms with Crippen LogP contribution in [-0.2, 0) is 24.4 Å². The first-order chi connectivity index (χ1) is 15.5. The van der Waals surface area contributed by atoms with E-state index >= 15 is 0 Å². The lowest BCUT2D eigenvalue weighted by atomic mass is 10.1. The van der Waals surface area contributed by atoms with Gasteiger partial charge in [-0.2, -0.15) is 10.4 Å². The number of aromatic nitrogens is 2. The summed E-state index contributed by atoms with van der Waals surface area (Å²) in [7, 11) is 0. The van der Waals surface area contributed by atoms with E-state index in [0.29, 0.717) is 50.4 Å². The maximum absolute atomic E-state index is 13.3. The number of ether oxygens (including phenoxy) is 2. The van der Waals surface area contributed by atoms with Crippen molar-refractivity contribution in [2.45, 2.75) is 52.5 Å². The molecular formula is C24H26N4O4. The maximum atomic E-state index is 13.3. The minimum atomic E-state index is -0.242. The number of nitrogens with one attached hydrogen (secondary N) is 1. The smallest absolute Gasteiger partial charge is 0.258 e. The van der Waals surface area contributed by atoms with Gasteiger partial charge in [-0.1, -0.05) is 6.07 Å². The van der Waals surface area contributed by atoms with Gasteiger partial charge in [-0.25, -0.2) is 0 Å². The second kappa shape index (κ2) is 9.28. The third-order valence-electron chi connectivity index (χ3n) is 5.43. The Kier molecular flexibility index (Phi) is 6.28. The van der Waals surface area contributed by atoms with Crippen molar-refractivity contribution in [3.8, 4) is 17.6 Å². The molecule has 0 radical (unpaired) electrons. The maximum Gasteiger partial charge on any atom is 0.258 e. The first kappa shape index (κ1) is 21.7. The number of fused-ring (bicyclic) bond motifs is 2. The molecule has 1 aliphatic heterocycles. The number of benzene rings is 2. The summed E-state index contributed by atoms with van der Waals surface area (Å²) in [5.74, 6) is 0.405. The minimum absolute atomic E-state index is 0.0586. The molecular weight excluding hydrogens is 408 g/mol. The molecule has 0 bridgehead atoms. The number of carbonyl (C=O) groups excluding carboxylic acids is 1. The van der Waals surface area contributed by atoms with Gasteiger partial charge in [-0.3, -0.25) is 9.89 Å². The molecule has 0 unspecified atom stereocenters. The zero-order chi connectivity index (χ0) is 22.7. The quantitative estimate of drug-likeness (QED) is 0.518. The van der Waals surface area contributed by atoms with Crippen LogP contribution in [0.5, 0.6) is 11.5 Å². The standard InChI is InChI=1S/C24H26N4O4/c1-15(2)32-14-22-19-10-20(23(29)11-21(19)26-27-22)24(30)28-12-16-5-6-18(9-17(16)13-28)31-8-4-3-7-25/h5-6,9-11,15,29H,3-4,8,12-14H2,1-2H3,(H,26,27). The zero-order valence-electron chi connectivity index (χ0n) is 18.2. The lowest BCUT2D eigenvalue weighted by Crippen LogP contribution is -2.25. The molecule has 1 amide bonds.